The van der Waals surface area contributed by atoms with Crippen LogP contribution in [0.1, 0.15) is 30.9 Å². The van der Waals surface area contributed by atoms with Gasteiger partial charge in [-0.3, -0.25) is 0 Å². The van der Waals surface area contributed by atoms with Crippen molar-refractivity contribution in [3.05, 3.63) is 29.8 Å². The number of benzene rings is 1. The molecule has 1 N–H and O–H groups in total. The third-order valence-corrected chi connectivity index (χ3v) is 3.26. The minimum Gasteiger partial charge on any atom is -0.497 e. The molecule has 0 spiro atoms. The molecule has 3 heteroatoms. The zero-order valence-corrected chi connectivity index (χ0v) is 10.6. The van der Waals surface area contributed by atoms with Crippen molar-refractivity contribution in [3.8, 4) is 5.75 Å². The number of nitrogens with one attached hydrogen (secondary N) is 1. The van der Waals surface area contributed by atoms with Crippen molar-refractivity contribution in [3.63, 3.8) is 0 Å². The van der Waals surface area contributed by atoms with Crippen molar-refractivity contribution in [1.82, 2.24) is 5.32 Å². The molecule has 94 valence electrons. The van der Waals surface area contributed by atoms with Crippen molar-refractivity contribution in [1.29, 1.82) is 0 Å². The standard InChI is InChI=1S/C14H21NO2/c1-15-10-14(17-12-6-4-7-12)11-5-3-8-13(9-11)16-2/h3,5,8-9,12,14-15H,4,6-7,10H2,1-2H3. The van der Waals surface area contributed by atoms with Gasteiger partial charge in [0.25, 0.3) is 0 Å². The largest absolute Gasteiger partial charge is 0.497 e. The van der Waals surface area contributed by atoms with Crippen molar-refractivity contribution in [2.45, 2.75) is 31.5 Å². The van der Waals surface area contributed by atoms with Gasteiger partial charge in [0.05, 0.1) is 19.3 Å². The van der Waals surface area contributed by atoms with Crippen LogP contribution in [0.3, 0.4) is 0 Å². The molecule has 0 aromatic heterocycles. The number of hydrogen-bond acceptors (Lipinski definition) is 3. The lowest BCUT2D eigenvalue weighted by Crippen LogP contribution is -2.28. The predicted octanol–water partition coefficient (Wildman–Crippen LogP) is 2.52. The molecule has 1 saturated carbocycles. The Hall–Kier alpha value is -1.06. The minimum absolute atomic E-state index is 0.125. The summed E-state index contributed by atoms with van der Waals surface area (Å²) in [6, 6.07) is 8.13. The predicted molar refractivity (Wildman–Crippen MR) is 68.4 cm³/mol. The van der Waals surface area contributed by atoms with Gasteiger partial charge in [-0.15, -0.1) is 0 Å². The molecule has 17 heavy (non-hydrogen) atoms. The second-order valence-electron chi connectivity index (χ2n) is 4.51. The van der Waals surface area contributed by atoms with Gasteiger partial charge in [0, 0.05) is 6.54 Å². The Morgan fingerprint density at radius 3 is 2.82 bits per heavy atom. The normalized spacial score (nSPS) is 17.5. The average Bonchev–Trinajstić information content (AvgIpc) is 2.32. The fourth-order valence-electron chi connectivity index (χ4n) is 2.01. The molecule has 0 amide bonds. The van der Waals surface area contributed by atoms with Gasteiger partial charge < -0.3 is 14.8 Å². The molecule has 0 heterocycles. The summed E-state index contributed by atoms with van der Waals surface area (Å²) in [6.45, 7) is 0.837. The van der Waals surface area contributed by atoms with Crippen molar-refractivity contribution >= 4 is 0 Å². The summed E-state index contributed by atoms with van der Waals surface area (Å²) in [4.78, 5) is 0. The highest BCUT2D eigenvalue weighted by Gasteiger charge is 2.23. The van der Waals surface area contributed by atoms with Crippen molar-refractivity contribution in [2.75, 3.05) is 20.7 Å². The van der Waals surface area contributed by atoms with Gasteiger partial charge in [0.2, 0.25) is 0 Å². The third kappa shape index (κ3) is 3.20. The van der Waals surface area contributed by atoms with Crippen LogP contribution in [0.4, 0.5) is 0 Å². The van der Waals surface area contributed by atoms with Crippen LogP contribution in [-0.2, 0) is 4.74 Å². The van der Waals surface area contributed by atoms with Crippen molar-refractivity contribution in [2.24, 2.45) is 0 Å². The van der Waals surface area contributed by atoms with E-state index in [9.17, 15) is 0 Å². The monoisotopic (exact) mass is 235 g/mol. The first-order chi connectivity index (χ1) is 8.33. The second-order valence-corrected chi connectivity index (χ2v) is 4.51. The lowest BCUT2D eigenvalue weighted by atomic mass is 9.95. The van der Waals surface area contributed by atoms with Gasteiger partial charge >= 0.3 is 0 Å². The SMILES string of the molecule is CNCC(OC1CCC1)c1cccc(OC)c1. The molecule has 1 aliphatic carbocycles. The van der Waals surface area contributed by atoms with E-state index in [1.807, 2.05) is 19.2 Å². The van der Waals surface area contributed by atoms with Crippen molar-refractivity contribution < 1.29 is 9.47 Å². The molecular weight excluding hydrogens is 214 g/mol. The van der Waals surface area contributed by atoms with Crippen LogP contribution in [0, 0.1) is 0 Å². The van der Waals surface area contributed by atoms with Gasteiger partial charge in [-0.2, -0.15) is 0 Å². The number of likely N-dealkylation sites (N-methyl/N-ethyl adjacent to an activating group) is 1. The Balaban J connectivity index is 2.06. The quantitative estimate of drug-likeness (QED) is 0.822. The van der Waals surface area contributed by atoms with E-state index in [0.717, 1.165) is 12.3 Å². The first-order valence-corrected chi connectivity index (χ1v) is 6.27. The van der Waals surface area contributed by atoms with Gasteiger partial charge in [0.1, 0.15) is 5.75 Å². The minimum atomic E-state index is 0.125. The van der Waals surface area contributed by atoms with Crippen LogP contribution in [0.2, 0.25) is 0 Å². The van der Waals surface area contributed by atoms with E-state index >= 15 is 0 Å². The highest BCUT2D eigenvalue weighted by atomic mass is 16.5. The third-order valence-electron chi connectivity index (χ3n) is 3.26. The summed E-state index contributed by atoms with van der Waals surface area (Å²) in [5, 5.41) is 3.19. The maximum atomic E-state index is 6.09. The highest BCUT2D eigenvalue weighted by Crippen LogP contribution is 2.29. The number of rotatable bonds is 6. The first-order valence-electron chi connectivity index (χ1n) is 6.27. The molecule has 0 bridgehead atoms. The van der Waals surface area contributed by atoms with E-state index < -0.39 is 0 Å². The summed E-state index contributed by atoms with van der Waals surface area (Å²) < 4.78 is 11.3. The smallest absolute Gasteiger partial charge is 0.119 e. The molecule has 1 unspecified atom stereocenters. The molecule has 0 saturated heterocycles. The summed E-state index contributed by atoms with van der Waals surface area (Å²) in [5.74, 6) is 0.890. The molecule has 0 aliphatic heterocycles. The summed E-state index contributed by atoms with van der Waals surface area (Å²) in [5.41, 5.74) is 1.19. The molecule has 2 rings (SSSR count). The van der Waals surface area contributed by atoms with Crippen LogP contribution in [0.5, 0.6) is 5.75 Å². The number of methoxy groups -OCH3 is 1. The Bertz CT molecular complexity index is 350. The molecule has 1 aliphatic rings. The van der Waals surface area contributed by atoms with E-state index in [1.165, 1.54) is 24.8 Å². The average molecular weight is 235 g/mol. The van der Waals surface area contributed by atoms with E-state index in [2.05, 4.69) is 17.4 Å². The molecule has 0 radical (unpaired) electrons. The van der Waals surface area contributed by atoms with Crippen LogP contribution < -0.4 is 10.1 Å². The van der Waals surface area contributed by atoms with E-state index in [4.69, 9.17) is 9.47 Å². The zero-order chi connectivity index (χ0) is 12.1. The fourth-order valence-corrected chi connectivity index (χ4v) is 2.01. The summed E-state index contributed by atoms with van der Waals surface area (Å²) in [6.07, 6.45) is 4.27. The molecule has 1 aromatic rings. The van der Waals surface area contributed by atoms with Crippen LogP contribution in [0.25, 0.3) is 0 Å². The summed E-state index contributed by atoms with van der Waals surface area (Å²) >= 11 is 0. The van der Waals surface area contributed by atoms with Gasteiger partial charge in [-0.1, -0.05) is 12.1 Å². The van der Waals surface area contributed by atoms with Crippen LogP contribution in [-0.4, -0.2) is 26.8 Å². The fraction of sp³-hybridized carbons (Fsp3) is 0.571. The Kier molecular flexibility index (Phi) is 4.40. The molecular formula is C14H21NO2. The Labute approximate surface area is 103 Å². The van der Waals surface area contributed by atoms with Gasteiger partial charge in [0.15, 0.2) is 0 Å². The number of ether oxygens (including phenoxy) is 2. The maximum absolute atomic E-state index is 6.09. The zero-order valence-electron chi connectivity index (χ0n) is 10.6. The Morgan fingerprint density at radius 1 is 1.41 bits per heavy atom. The summed E-state index contributed by atoms with van der Waals surface area (Å²) in [7, 11) is 3.65. The topological polar surface area (TPSA) is 30.5 Å². The van der Waals surface area contributed by atoms with E-state index in [0.29, 0.717) is 6.10 Å². The maximum Gasteiger partial charge on any atom is 0.119 e. The van der Waals surface area contributed by atoms with Gasteiger partial charge in [-0.05, 0) is 44.0 Å². The number of hydrogen-bond donors (Lipinski definition) is 1. The van der Waals surface area contributed by atoms with Crippen LogP contribution in [0.15, 0.2) is 24.3 Å². The Morgan fingerprint density at radius 2 is 2.24 bits per heavy atom. The molecule has 1 atom stereocenters. The second kappa shape index (κ2) is 6.03. The van der Waals surface area contributed by atoms with E-state index in [-0.39, 0.29) is 6.10 Å². The lowest BCUT2D eigenvalue weighted by Gasteiger charge is -2.30. The first kappa shape index (κ1) is 12.4. The molecule has 1 fully saturated rings. The highest BCUT2D eigenvalue weighted by molar-refractivity contribution is 5.30. The van der Waals surface area contributed by atoms with E-state index in [1.54, 1.807) is 7.11 Å². The molecule has 3 nitrogen and oxygen atoms in total. The van der Waals surface area contributed by atoms with Gasteiger partial charge in [-0.25, -0.2) is 0 Å². The van der Waals surface area contributed by atoms with Crippen LogP contribution >= 0.6 is 0 Å². The molecule has 1 aromatic carbocycles. The lowest BCUT2D eigenvalue weighted by molar-refractivity contribution is -0.0513.